The molecule has 1 aromatic heterocycles. The van der Waals surface area contributed by atoms with Crippen LogP contribution in [0.4, 0.5) is 0 Å². The van der Waals surface area contributed by atoms with Gasteiger partial charge in [0.1, 0.15) is 17.6 Å². The lowest BCUT2D eigenvalue weighted by molar-refractivity contribution is -0.0568. The Morgan fingerprint density at radius 3 is 2.67 bits per heavy atom. The number of unbranched alkanes of at least 4 members (excludes halogenated alkanes) is 3. The lowest BCUT2D eigenvalue weighted by Crippen LogP contribution is -2.55. The summed E-state index contributed by atoms with van der Waals surface area (Å²) in [6.45, 7) is 8.91. The Kier molecular flexibility index (Phi) is 8.82. The third-order valence-electron chi connectivity index (χ3n) is 8.38. The van der Waals surface area contributed by atoms with Gasteiger partial charge in [-0.25, -0.2) is 4.79 Å². The second kappa shape index (κ2) is 12.6. The zero-order valence-electron chi connectivity index (χ0n) is 23.2. The Morgan fingerprint density at radius 1 is 1.13 bits per heavy atom. The number of ether oxygens (including phenoxy) is 3. The topological polar surface area (TPSA) is 60.9 Å². The number of benzene rings is 2. The van der Waals surface area contributed by atoms with Crippen molar-refractivity contribution in [3.63, 3.8) is 0 Å². The fourth-order valence-corrected chi connectivity index (χ4v) is 6.15. The van der Waals surface area contributed by atoms with Crippen LogP contribution in [0.15, 0.2) is 67.4 Å². The quantitative estimate of drug-likeness (QED) is 0.143. The monoisotopic (exact) mass is 528 g/mol. The van der Waals surface area contributed by atoms with Crippen LogP contribution in [0, 0.1) is 11.8 Å². The Hall–Kier alpha value is -3.38. The maximum Gasteiger partial charge on any atom is 0.338 e. The van der Waals surface area contributed by atoms with Gasteiger partial charge in [-0.3, -0.25) is 9.88 Å². The second-order valence-electron chi connectivity index (χ2n) is 10.8. The van der Waals surface area contributed by atoms with Crippen LogP contribution in [-0.2, 0) is 4.74 Å². The molecule has 5 atom stereocenters. The fraction of sp³-hybridized carbons (Fsp3) is 0.455. The molecule has 2 aromatic carbocycles. The van der Waals surface area contributed by atoms with Gasteiger partial charge in [-0.1, -0.05) is 32.3 Å². The molecule has 2 bridgehead atoms. The van der Waals surface area contributed by atoms with E-state index in [-0.39, 0.29) is 12.0 Å². The van der Waals surface area contributed by atoms with Crippen LogP contribution in [-0.4, -0.2) is 48.7 Å². The van der Waals surface area contributed by atoms with Crippen molar-refractivity contribution in [3.05, 3.63) is 78.5 Å². The molecule has 3 fully saturated rings. The van der Waals surface area contributed by atoms with E-state index < -0.39 is 6.10 Å². The summed E-state index contributed by atoms with van der Waals surface area (Å²) in [7, 11) is 1.66. The van der Waals surface area contributed by atoms with E-state index >= 15 is 0 Å². The first kappa shape index (κ1) is 27.2. The number of carbonyl (C=O) groups is 1. The van der Waals surface area contributed by atoms with Crippen LogP contribution in [0.25, 0.3) is 10.9 Å². The molecular formula is C33H40N2O4. The number of esters is 1. The van der Waals surface area contributed by atoms with Crippen molar-refractivity contribution in [2.45, 2.75) is 57.6 Å². The molecular weight excluding hydrogens is 488 g/mol. The van der Waals surface area contributed by atoms with Crippen molar-refractivity contribution in [1.29, 1.82) is 0 Å². The van der Waals surface area contributed by atoms with Crippen molar-refractivity contribution >= 4 is 16.9 Å². The molecule has 3 saturated heterocycles. The predicted molar refractivity (Wildman–Crippen MR) is 154 cm³/mol. The fourth-order valence-electron chi connectivity index (χ4n) is 6.15. The minimum Gasteiger partial charge on any atom is -0.497 e. The number of piperidine rings is 3. The van der Waals surface area contributed by atoms with Gasteiger partial charge in [0.2, 0.25) is 0 Å². The number of pyridine rings is 1. The van der Waals surface area contributed by atoms with Gasteiger partial charge in [-0.2, -0.15) is 0 Å². The number of carbonyl (C=O) groups excluding carboxylic acids is 1. The van der Waals surface area contributed by atoms with Crippen LogP contribution in [0.2, 0.25) is 0 Å². The zero-order valence-corrected chi connectivity index (χ0v) is 23.2. The molecule has 3 aliphatic heterocycles. The second-order valence-corrected chi connectivity index (χ2v) is 10.8. The number of hydrogen-bond acceptors (Lipinski definition) is 6. The average Bonchev–Trinajstić information content (AvgIpc) is 2.99. The molecule has 6 nitrogen and oxygen atoms in total. The van der Waals surface area contributed by atoms with Gasteiger partial charge >= 0.3 is 5.97 Å². The molecule has 4 heterocycles. The molecule has 0 aliphatic carbocycles. The first-order valence-electron chi connectivity index (χ1n) is 14.3. The first-order chi connectivity index (χ1) is 19.1. The van der Waals surface area contributed by atoms with Gasteiger partial charge in [0.15, 0.2) is 0 Å². The molecule has 6 rings (SSSR count). The predicted octanol–water partition coefficient (Wildman–Crippen LogP) is 7.00. The van der Waals surface area contributed by atoms with E-state index in [1.807, 2.05) is 36.4 Å². The van der Waals surface area contributed by atoms with Crippen molar-refractivity contribution in [2.75, 3.05) is 26.8 Å². The van der Waals surface area contributed by atoms with Crippen molar-refractivity contribution in [1.82, 2.24) is 9.88 Å². The molecule has 0 amide bonds. The molecule has 39 heavy (non-hydrogen) atoms. The Morgan fingerprint density at radius 2 is 1.95 bits per heavy atom. The first-order valence-corrected chi connectivity index (χ1v) is 14.3. The molecule has 3 aliphatic rings. The summed E-state index contributed by atoms with van der Waals surface area (Å²) in [6.07, 6.45) is 10.2. The summed E-state index contributed by atoms with van der Waals surface area (Å²) < 4.78 is 17.8. The smallest absolute Gasteiger partial charge is 0.338 e. The summed E-state index contributed by atoms with van der Waals surface area (Å²) in [5.74, 6) is 2.23. The normalized spacial score (nSPS) is 22.8. The van der Waals surface area contributed by atoms with Crippen molar-refractivity contribution in [3.8, 4) is 11.5 Å². The number of rotatable bonds is 12. The van der Waals surface area contributed by atoms with E-state index in [0.29, 0.717) is 24.0 Å². The summed E-state index contributed by atoms with van der Waals surface area (Å²) in [6, 6.07) is 15.3. The SMILES string of the molecule is C=C[C@H]1CN2CC[C@H]1C[C@H]2[C@H](OC(=O)c1ccc(OCCCCCC)cc1)c1ccnc2ccc(OC)cc12. The lowest BCUT2D eigenvalue weighted by atomic mass is 9.73. The van der Waals surface area contributed by atoms with Crippen LogP contribution < -0.4 is 9.47 Å². The maximum absolute atomic E-state index is 13.6. The highest BCUT2D eigenvalue weighted by Gasteiger charge is 2.44. The molecule has 206 valence electrons. The van der Waals surface area contributed by atoms with E-state index in [1.165, 1.54) is 19.3 Å². The summed E-state index contributed by atoms with van der Waals surface area (Å²) in [5.41, 5.74) is 2.34. The minimum atomic E-state index is -0.432. The van der Waals surface area contributed by atoms with Crippen molar-refractivity contribution in [2.24, 2.45) is 11.8 Å². The van der Waals surface area contributed by atoms with Gasteiger partial charge in [0.05, 0.1) is 30.8 Å². The number of hydrogen-bond donors (Lipinski definition) is 0. The van der Waals surface area contributed by atoms with E-state index in [4.69, 9.17) is 14.2 Å². The highest BCUT2D eigenvalue weighted by atomic mass is 16.5. The van der Waals surface area contributed by atoms with Crippen LogP contribution in [0.1, 0.15) is 67.5 Å². The molecule has 0 spiro atoms. The van der Waals surface area contributed by atoms with Gasteiger partial charge in [0, 0.05) is 23.7 Å². The van der Waals surface area contributed by atoms with E-state index in [1.54, 1.807) is 25.4 Å². The Bertz CT molecular complexity index is 1270. The highest BCUT2D eigenvalue weighted by molar-refractivity contribution is 5.90. The van der Waals surface area contributed by atoms with Gasteiger partial charge in [-0.15, -0.1) is 6.58 Å². The van der Waals surface area contributed by atoms with Gasteiger partial charge in [-0.05, 0) is 86.2 Å². The molecule has 0 saturated carbocycles. The molecule has 0 N–H and O–H groups in total. The third-order valence-corrected chi connectivity index (χ3v) is 8.38. The molecule has 1 unspecified atom stereocenters. The van der Waals surface area contributed by atoms with Crippen molar-refractivity contribution < 1.29 is 19.0 Å². The lowest BCUT2D eigenvalue weighted by Gasteiger charge is -2.51. The van der Waals surface area contributed by atoms with Gasteiger partial charge < -0.3 is 14.2 Å². The minimum absolute atomic E-state index is 0.0893. The summed E-state index contributed by atoms with van der Waals surface area (Å²) in [5, 5.41) is 0.949. The Balaban J connectivity index is 1.40. The summed E-state index contributed by atoms with van der Waals surface area (Å²) in [4.78, 5) is 20.6. The molecule has 3 aromatic rings. The number of fused-ring (bicyclic) bond motifs is 4. The number of nitrogens with zero attached hydrogens (tertiary/aromatic N) is 2. The third kappa shape index (κ3) is 6.11. The standard InChI is InChI=1S/C33H40N2O4/c1-4-6-7-8-19-38-26-11-9-24(10-12-26)33(36)39-32(31-20-25-16-18-35(31)22-23(25)5-2)28-15-17-34-30-14-13-27(37-3)21-29(28)30/h5,9-15,17,21,23,25,31-32H,2,4,6-8,16,18-20,22H2,1,3H3/t23-,25-,31-,32+/m0/s1. The zero-order chi connectivity index (χ0) is 27.2. The van der Waals surface area contributed by atoms with Crippen LogP contribution in [0.5, 0.6) is 11.5 Å². The highest BCUT2D eigenvalue weighted by Crippen LogP contribution is 2.44. The van der Waals surface area contributed by atoms with E-state index in [0.717, 1.165) is 60.3 Å². The molecule has 0 radical (unpaired) electrons. The average molecular weight is 529 g/mol. The van der Waals surface area contributed by atoms with Crippen LogP contribution >= 0.6 is 0 Å². The maximum atomic E-state index is 13.6. The van der Waals surface area contributed by atoms with Gasteiger partial charge in [0.25, 0.3) is 0 Å². The molecule has 6 heteroatoms. The Labute approximate surface area is 232 Å². The largest absolute Gasteiger partial charge is 0.497 e. The number of aromatic nitrogens is 1. The van der Waals surface area contributed by atoms with E-state index in [2.05, 4.69) is 29.5 Å². The summed E-state index contributed by atoms with van der Waals surface area (Å²) >= 11 is 0. The van der Waals surface area contributed by atoms with Crippen LogP contribution in [0.3, 0.4) is 0 Å². The van der Waals surface area contributed by atoms with E-state index in [9.17, 15) is 4.79 Å². The number of methoxy groups -OCH3 is 1.